The Morgan fingerprint density at radius 3 is 2.00 bits per heavy atom. The van der Waals surface area contributed by atoms with Crippen molar-refractivity contribution in [2.75, 3.05) is 27.2 Å². The Morgan fingerprint density at radius 1 is 0.745 bits per heavy atom. The molecular weight excluding hydrogens is 652 g/mol. The van der Waals surface area contributed by atoms with Gasteiger partial charge in [0.2, 0.25) is 23.8 Å². The van der Waals surface area contributed by atoms with E-state index in [-0.39, 0.29) is 12.1 Å². The first-order chi connectivity index (χ1) is 24.5. The van der Waals surface area contributed by atoms with E-state index < -0.39 is 12.3 Å². The van der Waals surface area contributed by atoms with Crippen LogP contribution < -0.4 is 32.7 Å². The normalized spacial score (nSPS) is 20.0. The summed E-state index contributed by atoms with van der Waals surface area (Å²) in [6.45, 7) is 10.4. The first-order valence-corrected chi connectivity index (χ1v) is 16.9. The average Bonchev–Trinajstić information content (AvgIpc) is 3.81. The number of hydrogen-bond donors (Lipinski definition) is 7. The Morgan fingerprint density at radius 2 is 1.39 bits per heavy atom. The van der Waals surface area contributed by atoms with Gasteiger partial charge in [0.15, 0.2) is 18.1 Å². The molecule has 0 fully saturated rings. The summed E-state index contributed by atoms with van der Waals surface area (Å²) in [6.07, 6.45) is 6.60. The number of aryl methyl sites for hydroxylation is 3. The molecule has 6 rings (SSSR count). The summed E-state index contributed by atoms with van der Waals surface area (Å²) in [6, 6.07) is 3.91. The summed E-state index contributed by atoms with van der Waals surface area (Å²) in [7, 11) is 3.88. The summed E-state index contributed by atoms with van der Waals surface area (Å²) in [5, 5.41) is 13.1. The number of rotatable bonds is 11. The summed E-state index contributed by atoms with van der Waals surface area (Å²) >= 11 is 0. The maximum atomic E-state index is 6.42. The topological polar surface area (TPSA) is 226 Å². The molecule has 0 saturated heterocycles. The smallest absolute Gasteiger partial charge is 0.203 e. The Hall–Kier alpha value is -5.94. The molecule has 0 amide bonds. The van der Waals surface area contributed by atoms with E-state index >= 15 is 0 Å². The van der Waals surface area contributed by atoms with Crippen LogP contribution in [0.1, 0.15) is 47.1 Å². The summed E-state index contributed by atoms with van der Waals surface area (Å²) in [5.41, 5.74) is 16.9. The molecule has 0 bridgehead atoms. The monoisotopic (exact) mass is 700 g/mol. The summed E-state index contributed by atoms with van der Waals surface area (Å²) in [4.78, 5) is 37.8. The minimum absolute atomic E-state index is 0.268. The highest BCUT2D eigenvalue weighted by molar-refractivity contribution is 6.01. The number of H-pyrrole nitrogens is 1. The van der Waals surface area contributed by atoms with E-state index in [2.05, 4.69) is 53.0 Å². The molecule has 9 N–H and O–H groups in total. The largest absolute Gasteiger partial charge is 0.469 e. The Labute approximate surface area is 297 Å². The molecule has 3 aliphatic rings. The van der Waals surface area contributed by atoms with Gasteiger partial charge in [0.05, 0.1) is 19.1 Å². The van der Waals surface area contributed by atoms with Gasteiger partial charge in [-0.2, -0.15) is 0 Å². The molecule has 3 aliphatic heterocycles. The fraction of sp³-hybridized carbons (Fsp3) is 0.455. The second-order valence-electron chi connectivity index (χ2n) is 12.8. The lowest BCUT2D eigenvalue weighted by Gasteiger charge is -2.33. The summed E-state index contributed by atoms with van der Waals surface area (Å²) in [5.74, 6) is 4.73. The average molecular weight is 701 g/mol. The van der Waals surface area contributed by atoms with Crippen molar-refractivity contribution in [3.05, 3.63) is 70.8 Å². The van der Waals surface area contributed by atoms with Crippen LogP contribution in [0.25, 0.3) is 0 Å². The van der Waals surface area contributed by atoms with E-state index in [4.69, 9.17) is 40.3 Å². The minimum Gasteiger partial charge on any atom is -0.469 e. The van der Waals surface area contributed by atoms with Gasteiger partial charge in [0, 0.05) is 70.2 Å². The minimum atomic E-state index is -0.478. The van der Waals surface area contributed by atoms with Crippen molar-refractivity contribution < 1.29 is 8.83 Å². The lowest BCUT2D eigenvalue weighted by atomic mass is 10.2. The molecular formula is C33H48N16O2. The predicted octanol–water partition coefficient (Wildman–Crippen LogP) is 1.03. The third kappa shape index (κ3) is 8.81. The van der Waals surface area contributed by atoms with Crippen LogP contribution in [0.2, 0.25) is 0 Å². The molecule has 18 heteroatoms. The molecule has 3 aromatic rings. The zero-order valence-corrected chi connectivity index (χ0v) is 29.9. The van der Waals surface area contributed by atoms with Crippen LogP contribution in [-0.4, -0.2) is 101 Å². The van der Waals surface area contributed by atoms with Crippen LogP contribution in [0.3, 0.4) is 0 Å². The molecule has 0 aromatic carbocycles. The standard InChI is InChI=1S/C33H48N16O2/c1-19-13-36-14-25(19)15-37-30-41-27(43-31(46-30)47(5)6)18-49(17-24-9-12-51-21(24)3)33-42-26(40-29(35)45-33)7-10-48(16-23-8-11-50-20(23)2)32-39-22(4)38-28(34)44-32/h8-9,11-14,22,26-27,36H,7,10,15-18H2,1-6H3,(H3,34,38,39,44)(H3,35,40,42,45)(H2,37,41,43,46). The van der Waals surface area contributed by atoms with Crippen molar-refractivity contribution >= 4 is 35.8 Å². The van der Waals surface area contributed by atoms with Gasteiger partial charge in [-0.15, -0.1) is 0 Å². The number of nitrogens with zero attached hydrogens (tertiary/aromatic N) is 9. The van der Waals surface area contributed by atoms with Crippen molar-refractivity contribution in [1.82, 2.24) is 41.0 Å². The molecule has 0 spiro atoms. The number of aromatic amines is 1. The second-order valence-corrected chi connectivity index (χ2v) is 12.8. The van der Waals surface area contributed by atoms with Crippen LogP contribution >= 0.6 is 0 Å². The molecule has 6 heterocycles. The number of nitrogens with two attached hydrogens (primary N) is 2. The molecule has 272 valence electrons. The van der Waals surface area contributed by atoms with Gasteiger partial charge in [0.25, 0.3) is 0 Å². The molecule has 0 radical (unpaired) electrons. The number of nitrogens with one attached hydrogen (secondary N) is 5. The maximum Gasteiger partial charge on any atom is 0.203 e. The number of aliphatic imine (C=N–C) groups is 6. The van der Waals surface area contributed by atoms with Crippen molar-refractivity contribution in [3.8, 4) is 0 Å². The van der Waals surface area contributed by atoms with Crippen LogP contribution in [0, 0.1) is 20.8 Å². The second kappa shape index (κ2) is 15.3. The molecule has 3 aromatic heterocycles. The Bertz CT molecular complexity index is 1860. The third-order valence-corrected chi connectivity index (χ3v) is 8.68. The van der Waals surface area contributed by atoms with Gasteiger partial charge >= 0.3 is 0 Å². The molecule has 51 heavy (non-hydrogen) atoms. The molecule has 3 unspecified atom stereocenters. The van der Waals surface area contributed by atoms with Gasteiger partial charge in [-0.25, -0.2) is 30.0 Å². The van der Waals surface area contributed by atoms with Gasteiger partial charge < -0.3 is 45.3 Å². The van der Waals surface area contributed by atoms with E-state index in [0.717, 1.165) is 28.2 Å². The number of guanidine groups is 6. The highest BCUT2D eigenvalue weighted by Crippen LogP contribution is 2.19. The van der Waals surface area contributed by atoms with Crippen LogP contribution in [-0.2, 0) is 19.6 Å². The number of aromatic nitrogens is 1. The highest BCUT2D eigenvalue weighted by atomic mass is 16.3. The summed E-state index contributed by atoms with van der Waals surface area (Å²) < 4.78 is 11.2. The van der Waals surface area contributed by atoms with E-state index in [1.54, 1.807) is 12.5 Å². The van der Waals surface area contributed by atoms with E-state index in [9.17, 15) is 0 Å². The highest BCUT2D eigenvalue weighted by Gasteiger charge is 2.28. The first kappa shape index (κ1) is 34.9. The van der Waals surface area contributed by atoms with Gasteiger partial charge in [-0.05, 0) is 51.0 Å². The number of furan rings is 2. The first-order valence-electron chi connectivity index (χ1n) is 16.9. The third-order valence-electron chi connectivity index (χ3n) is 8.68. The van der Waals surface area contributed by atoms with Crippen molar-refractivity contribution in [2.24, 2.45) is 41.4 Å². The van der Waals surface area contributed by atoms with E-state index in [1.807, 2.05) is 64.3 Å². The van der Waals surface area contributed by atoms with Gasteiger partial charge in [0.1, 0.15) is 23.9 Å². The number of hydrogen-bond acceptors (Lipinski definition) is 17. The molecule has 18 nitrogen and oxygen atoms in total. The van der Waals surface area contributed by atoms with E-state index in [1.165, 1.54) is 5.56 Å². The van der Waals surface area contributed by atoms with Crippen molar-refractivity contribution in [3.63, 3.8) is 0 Å². The van der Waals surface area contributed by atoms with E-state index in [0.29, 0.717) is 68.9 Å². The van der Waals surface area contributed by atoms with Gasteiger partial charge in [-0.1, -0.05) is 0 Å². The Balaban J connectivity index is 1.23. The molecule has 0 saturated carbocycles. The zero-order chi connectivity index (χ0) is 36.1. The SMILES string of the molecule is Cc1c[nH]cc1CNC1=NC(CN(Cc2ccoc2C)C2=NC(CCN(Cc3ccoc3C)C3=NC(C)N=C(N)N3)N=C(N)N2)N=C(N(C)C)N1. The molecule has 3 atom stereocenters. The zero-order valence-electron chi connectivity index (χ0n) is 29.9. The van der Waals surface area contributed by atoms with Crippen LogP contribution in [0.15, 0.2) is 75.8 Å². The van der Waals surface area contributed by atoms with Crippen LogP contribution in [0.5, 0.6) is 0 Å². The Kier molecular flexibility index (Phi) is 10.5. The molecule has 0 aliphatic carbocycles. The lowest BCUT2D eigenvalue weighted by Crippen LogP contribution is -2.54. The fourth-order valence-electron chi connectivity index (χ4n) is 5.79. The maximum absolute atomic E-state index is 6.42. The fourth-order valence-corrected chi connectivity index (χ4v) is 5.79. The van der Waals surface area contributed by atoms with Crippen molar-refractivity contribution in [2.45, 2.75) is 72.2 Å². The van der Waals surface area contributed by atoms with Crippen LogP contribution in [0.4, 0.5) is 0 Å². The predicted molar refractivity (Wildman–Crippen MR) is 198 cm³/mol. The van der Waals surface area contributed by atoms with Crippen molar-refractivity contribution in [1.29, 1.82) is 0 Å². The lowest BCUT2D eigenvalue weighted by molar-refractivity contribution is 0.352. The quantitative estimate of drug-likeness (QED) is 0.150. The van der Waals surface area contributed by atoms with Gasteiger partial charge in [-0.3, -0.25) is 16.0 Å².